The number of thioether (sulfide) groups is 1. The first kappa shape index (κ1) is 21.6. The van der Waals surface area contributed by atoms with Gasteiger partial charge in [-0.05, 0) is 58.7 Å². The van der Waals surface area contributed by atoms with Gasteiger partial charge in [0.2, 0.25) is 0 Å². The van der Waals surface area contributed by atoms with E-state index in [1.807, 2.05) is 72.8 Å². The molecule has 2 nitrogen and oxygen atoms in total. The van der Waals surface area contributed by atoms with E-state index < -0.39 is 0 Å². The van der Waals surface area contributed by atoms with Gasteiger partial charge in [0.25, 0.3) is 0 Å². The molecule has 0 radical (unpaired) electrons. The van der Waals surface area contributed by atoms with Crippen LogP contribution >= 0.6 is 35.0 Å². The Balaban J connectivity index is 1.84. The highest BCUT2D eigenvalue weighted by Crippen LogP contribution is 2.50. The van der Waals surface area contributed by atoms with Gasteiger partial charge < -0.3 is 10.2 Å². The molecule has 4 rings (SSSR count). The summed E-state index contributed by atoms with van der Waals surface area (Å²) in [5.74, 6) is 0.431. The lowest BCUT2D eigenvalue weighted by atomic mass is 10.0. The second-order valence-corrected chi connectivity index (χ2v) is 9.15. The van der Waals surface area contributed by atoms with Crippen molar-refractivity contribution in [2.45, 2.75) is 10.5 Å². The summed E-state index contributed by atoms with van der Waals surface area (Å²) in [7, 11) is 0. The fourth-order valence-electron chi connectivity index (χ4n) is 3.47. The summed E-state index contributed by atoms with van der Waals surface area (Å²) in [6, 6.07) is 30.0. The first-order valence-corrected chi connectivity index (χ1v) is 11.4. The maximum absolute atomic E-state index is 9.79. The van der Waals surface area contributed by atoms with Crippen LogP contribution in [0.2, 0.25) is 10.0 Å². The summed E-state index contributed by atoms with van der Waals surface area (Å²) in [4.78, 5) is 0. The van der Waals surface area contributed by atoms with Crippen LogP contribution in [0, 0.1) is 0 Å². The van der Waals surface area contributed by atoms with Crippen LogP contribution in [0.5, 0.6) is 11.5 Å². The molecule has 0 saturated carbocycles. The molecule has 0 fully saturated rings. The standard InChI is InChI=1S/C26H20Cl2O2S/c27-23-7-3-1-5-21(23)25(17-9-13-19(29)14-10-17)31-26(18-11-15-20(30)16-12-18)22-6-2-4-8-24(22)28/h1-16,25-26,29-30H. The molecule has 0 spiro atoms. The van der Waals surface area contributed by atoms with Crippen LogP contribution in [0.4, 0.5) is 0 Å². The lowest BCUT2D eigenvalue weighted by Gasteiger charge is -2.26. The minimum absolute atomic E-state index is 0.107. The van der Waals surface area contributed by atoms with Crippen molar-refractivity contribution in [2.75, 3.05) is 0 Å². The van der Waals surface area contributed by atoms with Gasteiger partial charge in [-0.1, -0.05) is 83.9 Å². The molecule has 2 unspecified atom stereocenters. The first-order valence-electron chi connectivity index (χ1n) is 9.75. The molecular weight excluding hydrogens is 447 g/mol. The number of benzene rings is 4. The Labute approximate surface area is 196 Å². The maximum atomic E-state index is 9.79. The number of halogens is 2. The Hall–Kier alpha value is -2.59. The van der Waals surface area contributed by atoms with E-state index in [-0.39, 0.29) is 22.0 Å². The predicted octanol–water partition coefficient (Wildman–Crippen LogP) is 8.02. The third kappa shape index (κ3) is 5.01. The van der Waals surface area contributed by atoms with Crippen molar-refractivity contribution in [2.24, 2.45) is 0 Å². The quantitative estimate of drug-likeness (QED) is 0.302. The molecule has 0 aliphatic carbocycles. The van der Waals surface area contributed by atoms with Gasteiger partial charge in [0.15, 0.2) is 0 Å². The number of phenolic OH excluding ortho intramolecular Hbond substituents is 2. The Bertz CT molecular complexity index is 1070. The molecule has 0 aliphatic rings. The average Bonchev–Trinajstić information content (AvgIpc) is 2.78. The van der Waals surface area contributed by atoms with Crippen LogP contribution in [0.25, 0.3) is 0 Å². The summed E-state index contributed by atoms with van der Waals surface area (Å²) in [5.41, 5.74) is 4.00. The van der Waals surface area contributed by atoms with E-state index in [1.165, 1.54) is 0 Å². The lowest BCUT2D eigenvalue weighted by Crippen LogP contribution is -2.05. The Morgan fingerprint density at radius 3 is 1.23 bits per heavy atom. The molecule has 0 bridgehead atoms. The van der Waals surface area contributed by atoms with E-state index in [2.05, 4.69) is 0 Å². The molecule has 31 heavy (non-hydrogen) atoms. The molecule has 4 aromatic carbocycles. The Morgan fingerprint density at radius 2 is 0.871 bits per heavy atom. The predicted molar refractivity (Wildman–Crippen MR) is 130 cm³/mol. The summed E-state index contributed by atoms with van der Waals surface area (Å²) in [5, 5.41) is 20.7. The van der Waals surface area contributed by atoms with Gasteiger partial charge in [-0.3, -0.25) is 0 Å². The second kappa shape index (κ2) is 9.69. The summed E-state index contributed by atoms with van der Waals surface area (Å²) < 4.78 is 0. The zero-order valence-electron chi connectivity index (χ0n) is 16.5. The SMILES string of the molecule is Oc1ccc(C(SC(c2ccc(O)cc2)c2ccccc2Cl)c2ccccc2Cl)cc1. The van der Waals surface area contributed by atoms with E-state index >= 15 is 0 Å². The van der Waals surface area contributed by atoms with Crippen LogP contribution in [0.3, 0.4) is 0 Å². The molecule has 4 aromatic rings. The zero-order chi connectivity index (χ0) is 21.8. The smallest absolute Gasteiger partial charge is 0.115 e. The number of rotatable bonds is 6. The van der Waals surface area contributed by atoms with Gasteiger partial charge in [0.1, 0.15) is 11.5 Å². The monoisotopic (exact) mass is 466 g/mol. The highest BCUT2D eigenvalue weighted by Gasteiger charge is 2.26. The van der Waals surface area contributed by atoms with Crippen LogP contribution < -0.4 is 0 Å². The largest absolute Gasteiger partial charge is 0.508 e. The molecular formula is C26H20Cl2O2S. The normalized spacial score (nSPS) is 13.0. The third-order valence-electron chi connectivity index (χ3n) is 5.04. The van der Waals surface area contributed by atoms with Crippen molar-refractivity contribution < 1.29 is 10.2 Å². The Morgan fingerprint density at radius 1 is 0.516 bits per heavy atom. The van der Waals surface area contributed by atoms with Crippen molar-refractivity contribution in [1.82, 2.24) is 0 Å². The molecule has 0 amide bonds. The molecule has 2 atom stereocenters. The van der Waals surface area contributed by atoms with Crippen LogP contribution in [0.1, 0.15) is 32.8 Å². The van der Waals surface area contributed by atoms with Crippen molar-refractivity contribution in [3.8, 4) is 11.5 Å². The summed E-state index contributed by atoms with van der Waals surface area (Å²) in [6.07, 6.45) is 0. The lowest BCUT2D eigenvalue weighted by molar-refractivity contribution is 0.474. The number of phenols is 2. The minimum Gasteiger partial charge on any atom is -0.508 e. The molecule has 0 heterocycles. The van der Waals surface area contributed by atoms with Gasteiger partial charge in [0, 0.05) is 10.0 Å². The second-order valence-electron chi connectivity index (χ2n) is 7.12. The molecule has 0 aromatic heterocycles. The van der Waals surface area contributed by atoms with E-state index in [0.29, 0.717) is 10.0 Å². The van der Waals surface area contributed by atoms with Crippen molar-refractivity contribution >= 4 is 35.0 Å². The van der Waals surface area contributed by atoms with Gasteiger partial charge >= 0.3 is 0 Å². The van der Waals surface area contributed by atoms with E-state index in [4.69, 9.17) is 23.2 Å². The molecule has 5 heteroatoms. The van der Waals surface area contributed by atoms with E-state index in [1.54, 1.807) is 36.0 Å². The summed E-state index contributed by atoms with van der Waals surface area (Å²) in [6.45, 7) is 0. The minimum atomic E-state index is -0.107. The maximum Gasteiger partial charge on any atom is 0.115 e. The molecule has 0 saturated heterocycles. The highest BCUT2D eigenvalue weighted by molar-refractivity contribution is 8.00. The fourth-order valence-corrected chi connectivity index (χ4v) is 5.70. The fraction of sp³-hybridized carbons (Fsp3) is 0.0769. The highest BCUT2D eigenvalue weighted by atomic mass is 35.5. The summed E-state index contributed by atoms with van der Waals surface area (Å²) >= 11 is 14.9. The van der Waals surface area contributed by atoms with Gasteiger partial charge in [-0.15, -0.1) is 11.8 Å². The zero-order valence-corrected chi connectivity index (χ0v) is 18.8. The number of hydrogen-bond acceptors (Lipinski definition) is 3. The topological polar surface area (TPSA) is 40.5 Å². The third-order valence-corrected chi connectivity index (χ3v) is 7.32. The first-order chi connectivity index (χ1) is 15.0. The number of hydrogen-bond donors (Lipinski definition) is 2. The van der Waals surface area contributed by atoms with Gasteiger partial charge in [-0.25, -0.2) is 0 Å². The van der Waals surface area contributed by atoms with Gasteiger partial charge in [0.05, 0.1) is 10.5 Å². The van der Waals surface area contributed by atoms with Crippen LogP contribution in [0.15, 0.2) is 97.1 Å². The van der Waals surface area contributed by atoms with E-state index in [0.717, 1.165) is 22.3 Å². The average molecular weight is 467 g/mol. The van der Waals surface area contributed by atoms with Crippen molar-refractivity contribution in [1.29, 1.82) is 0 Å². The van der Waals surface area contributed by atoms with Gasteiger partial charge in [-0.2, -0.15) is 0 Å². The number of aromatic hydroxyl groups is 2. The molecule has 2 N–H and O–H groups in total. The Kier molecular flexibility index (Phi) is 6.77. The van der Waals surface area contributed by atoms with Crippen molar-refractivity contribution in [3.63, 3.8) is 0 Å². The molecule has 0 aliphatic heterocycles. The van der Waals surface area contributed by atoms with E-state index in [9.17, 15) is 10.2 Å². The van der Waals surface area contributed by atoms with Crippen LogP contribution in [-0.2, 0) is 0 Å². The molecule has 156 valence electrons. The van der Waals surface area contributed by atoms with Crippen LogP contribution in [-0.4, -0.2) is 10.2 Å². The van der Waals surface area contributed by atoms with Crippen molar-refractivity contribution in [3.05, 3.63) is 129 Å².